The van der Waals surface area contributed by atoms with E-state index in [9.17, 15) is 18.0 Å². The number of halogens is 3. The number of carboxylic acid groups (broad SMARTS) is 1. The third kappa shape index (κ3) is 14.7. The average Bonchev–Trinajstić information content (AvgIpc) is 2.23. The van der Waals surface area contributed by atoms with Crippen molar-refractivity contribution in [3.8, 4) is 0 Å². The molecule has 17 heavy (non-hydrogen) atoms. The normalized spacial score (nSPS) is 10.2. The Bertz CT molecular complexity index is 232. The van der Waals surface area contributed by atoms with Gasteiger partial charge in [0, 0.05) is 13.5 Å². The van der Waals surface area contributed by atoms with E-state index in [-0.39, 0.29) is 5.91 Å². The summed E-state index contributed by atoms with van der Waals surface area (Å²) in [6.45, 7) is 0.730. The molecule has 0 aromatic carbocycles. The second kappa shape index (κ2) is 9.88. The van der Waals surface area contributed by atoms with Gasteiger partial charge in [-0.25, -0.2) is 4.79 Å². The van der Waals surface area contributed by atoms with E-state index in [0.29, 0.717) is 6.42 Å². The Morgan fingerprint density at radius 2 is 1.71 bits per heavy atom. The summed E-state index contributed by atoms with van der Waals surface area (Å²) in [5.41, 5.74) is 5.28. The van der Waals surface area contributed by atoms with Crippen molar-refractivity contribution in [1.82, 2.24) is 5.32 Å². The Balaban J connectivity index is 0. The molecule has 5 nitrogen and oxygen atoms in total. The highest BCUT2D eigenvalue weighted by Crippen LogP contribution is 2.13. The molecule has 0 aromatic rings. The molecule has 0 rings (SSSR count). The third-order valence-electron chi connectivity index (χ3n) is 1.63. The molecule has 0 aliphatic rings. The molecule has 0 saturated heterocycles. The van der Waals surface area contributed by atoms with Gasteiger partial charge >= 0.3 is 12.1 Å². The Hall–Kier alpha value is -1.31. The third-order valence-corrected chi connectivity index (χ3v) is 1.63. The molecule has 4 N–H and O–H groups in total. The van der Waals surface area contributed by atoms with Crippen LogP contribution in [0.15, 0.2) is 0 Å². The predicted molar refractivity (Wildman–Crippen MR) is 55.3 cm³/mol. The highest BCUT2D eigenvalue weighted by molar-refractivity contribution is 5.75. The Morgan fingerprint density at radius 3 is 2.00 bits per heavy atom. The monoisotopic (exact) mass is 258 g/mol. The molecule has 8 heteroatoms. The number of rotatable bonds is 5. The van der Waals surface area contributed by atoms with Gasteiger partial charge in [-0.15, -0.1) is 0 Å². The first-order valence-corrected chi connectivity index (χ1v) is 4.96. The zero-order chi connectivity index (χ0) is 13.9. The molecule has 0 heterocycles. The van der Waals surface area contributed by atoms with E-state index < -0.39 is 12.1 Å². The minimum Gasteiger partial charge on any atom is -0.475 e. The molecule has 0 aliphatic heterocycles. The fourth-order valence-electron chi connectivity index (χ4n) is 0.732. The number of carboxylic acids is 1. The quantitative estimate of drug-likeness (QED) is 0.638. The van der Waals surface area contributed by atoms with Crippen LogP contribution in [0.3, 0.4) is 0 Å². The number of nitrogens with one attached hydrogen (secondary N) is 1. The van der Waals surface area contributed by atoms with Crippen molar-refractivity contribution in [1.29, 1.82) is 0 Å². The van der Waals surface area contributed by atoms with E-state index in [4.69, 9.17) is 15.6 Å². The van der Waals surface area contributed by atoms with Crippen molar-refractivity contribution in [2.75, 3.05) is 13.6 Å². The fourth-order valence-corrected chi connectivity index (χ4v) is 0.732. The lowest BCUT2D eigenvalue weighted by Crippen LogP contribution is -2.21. The van der Waals surface area contributed by atoms with Crippen molar-refractivity contribution in [2.45, 2.75) is 31.9 Å². The van der Waals surface area contributed by atoms with Crippen LogP contribution < -0.4 is 11.1 Å². The lowest BCUT2D eigenvalue weighted by atomic mass is 10.2. The summed E-state index contributed by atoms with van der Waals surface area (Å²) in [5, 5.41) is 9.70. The molecule has 102 valence electrons. The van der Waals surface area contributed by atoms with Crippen molar-refractivity contribution in [3.63, 3.8) is 0 Å². The molecular formula is C9H17F3N2O3. The lowest BCUT2D eigenvalue weighted by molar-refractivity contribution is -0.192. The number of nitrogens with two attached hydrogens (primary N) is 1. The van der Waals surface area contributed by atoms with Crippen molar-refractivity contribution in [3.05, 3.63) is 0 Å². The first kappa shape index (κ1) is 18.1. The van der Waals surface area contributed by atoms with E-state index in [1.165, 1.54) is 0 Å². The van der Waals surface area contributed by atoms with Crippen LogP contribution in [0.2, 0.25) is 0 Å². The summed E-state index contributed by atoms with van der Waals surface area (Å²) >= 11 is 0. The smallest absolute Gasteiger partial charge is 0.475 e. The summed E-state index contributed by atoms with van der Waals surface area (Å²) < 4.78 is 31.7. The molecule has 0 saturated carbocycles. The van der Waals surface area contributed by atoms with Crippen LogP contribution >= 0.6 is 0 Å². The number of carbonyl (C=O) groups excluding carboxylic acids is 1. The van der Waals surface area contributed by atoms with Gasteiger partial charge in [0.2, 0.25) is 5.91 Å². The number of carbonyl (C=O) groups is 2. The van der Waals surface area contributed by atoms with Crippen LogP contribution in [0.4, 0.5) is 13.2 Å². The van der Waals surface area contributed by atoms with Crippen LogP contribution in [-0.2, 0) is 9.59 Å². The highest BCUT2D eigenvalue weighted by Gasteiger charge is 2.38. The molecule has 0 aliphatic carbocycles. The van der Waals surface area contributed by atoms with Crippen LogP contribution in [0.25, 0.3) is 0 Å². The number of hydrogen-bond donors (Lipinski definition) is 3. The van der Waals surface area contributed by atoms with Crippen molar-refractivity contribution in [2.24, 2.45) is 5.73 Å². The minimum atomic E-state index is -5.08. The zero-order valence-electron chi connectivity index (χ0n) is 9.51. The molecule has 0 atom stereocenters. The Morgan fingerprint density at radius 1 is 1.24 bits per heavy atom. The first-order valence-electron chi connectivity index (χ1n) is 4.96. The SMILES string of the molecule is CNC(=O)CCCCCN.O=C(O)C(F)(F)F. The van der Waals surface area contributed by atoms with E-state index in [1.807, 2.05) is 0 Å². The van der Waals surface area contributed by atoms with Crippen LogP contribution in [0.1, 0.15) is 25.7 Å². The molecule has 0 fully saturated rings. The maximum Gasteiger partial charge on any atom is 0.490 e. The summed E-state index contributed by atoms with van der Waals surface area (Å²) in [6.07, 6.45) is -1.41. The summed E-state index contributed by atoms with van der Waals surface area (Å²) in [4.78, 5) is 19.5. The summed E-state index contributed by atoms with van der Waals surface area (Å²) in [5.74, 6) is -2.63. The predicted octanol–water partition coefficient (Wildman–Crippen LogP) is 0.885. The number of alkyl halides is 3. The van der Waals surface area contributed by atoms with Crippen molar-refractivity contribution >= 4 is 11.9 Å². The topological polar surface area (TPSA) is 92.4 Å². The maximum absolute atomic E-state index is 10.6. The first-order chi connectivity index (χ1) is 7.75. The van der Waals surface area contributed by atoms with E-state index in [0.717, 1.165) is 25.8 Å². The second-order valence-corrected chi connectivity index (χ2v) is 3.08. The number of hydrogen-bond acceptors (Lipinski definition) is 3. The number of unbranched alkanes of at least 4 members (excludes halogenated alkanes) is 2. The van der Waals surface area contributed by atoms with Gasteiger partial charge in [0.15, 0.2) is 0 Å². The molecular weight excluding hydrogens is 241 g/mol. The average molecular weight is 258 g/mol. The number of aliphatic carboxylic acids is 1. The summed E-state index contributed by atoms with van der Waals surface area (Å²) in [6, 6.07) is 0. The van der Waals surface area contributed by atoms with Gasteiger partial charge in [-0.05, 0) is 19.4 Å². The van der Waals surface area contributed by atoms with E-state index in [2.05, 4.69) is 5.32 Å². The molecule has 1 amide bonds. The maximum atomic E-state index is 10.6. The van der Waals surface area contributed by atoms with E-state index >= 15 is 0 Å². The second-order valence-electron chi connectivity index (χ2n) is 3.08. The van der Waals surface area contributed by atoms with E-state index in [1.54, 1.807) is 7.05 Å². The Kier molecular flexibility index (Phi) is 10.5. The van der Waals surface area contributed by atoms with Gasteiger partial charge in [-0.3, -0.25) is 4.79 Å². The minimum absolute atomic E-state index is 0.122. The van der Waals surface area contributed by atoms with Crippen LogP contribution in [0, 0.1) is 0 Å². The number of amides is 1. The lowest BCUT2D eigenvalue weighted by Gasteiger charge is -1.97. The largest absolute Gasteiger partial charge is 0.490 e. The van der Waals surface area contributed by atoms with Gasteiger partial charge in [0.1, 0.15) is 0 Å². The molecule has 0 aromatic heterocycles. The van der Waals surface area contributed by atoms with Gasteiger partial charge in [-0.1, -0.05) is 6.42 Å². The highest BCUT2D eigenvalue weighted by atomic mass is 19.4. The van der Waals surface area contributed by atoms with Gasteiger partial charge in [0.25, 0.3) is 0 Å². The van der Waals surface area contributed by atoms with Crippen LogP contribution in [-0.4, -0.2) is 36.8 Å². The summed E-state index contributed by atoms with van der Waals surface area (Å²) in [7, 11) is 1.66. The van der Waals surface area contributed by atoms with Crippen LogP contribution in [0.5, 0.6) is 0 Å². The molecule has 0 spiro atoms. The fraction of sp³-hybridized carbons (Fsp3) is 0.778. The molecule has 0 unspecified atom stereocenters. The van der Waals surface area contributed by atoms with Gasteiger partial charge < -0.3 is 16.2 Å². The van der Waals surface area contributed by atoms with Crippen molar-refractivity contribution < 1.29 is 27.9 Å². The van der Waals surface area contributed by atoms with Gasteiger partial charge in [-0.2, -0.15) is 13.2 Å². The standard InChI is InChI=1S/C7H16N2O.C2HF3O2/c1-9-7(10)5-3-2-4-6-8;3-2(4,5)1(6)7/h2-6,8H2,1H3,(H,9,10);(H,6,7). The molecule has 0 bridgehead atoms. The Labute approximate surface area is 97.2 Å². The van der Waals surface area contributed by atoms with Gasteiger partial charge in [0.05, 0.1) is 0 Å². The molecule has 0 radical (unpaired) electrons. The zero-order valence-corrected chi connectivity index (χ0v) is 9.51.